The Balaban J connectivity index is 1.95. The minimum absolute atomic E-state index is 0.193. The number of hydrogen-bond acceptors (Lipinski definition) is 3. The van der Waals surface area contributed by atoms with Crippen LogP contribution in [0.1, 0.15) is 56.2 Å². The molecule has 1 aromatic rings. The van der Waals surface area contributed by atoms with Crippen molar-refractivity contribution < 1.29 is 4.74 Å². The third kappa shape index (κ3) is 4.30. The number of hydrogen-bond donors (Lipinski definition) is 2. The van der Waals surface area contributed by atoms with Gasteiger partial charge < -0.3 is 4.74 Å². The summed E-state index contributed by atoms with van der Waals surface area (Å²) in [5, 5.41) is 0. The van der Waals surface area contributed by atoms with Gasteiger partial charge in [-0.2, -0.15) is 0 Å². The van der Waals surface area contributed by atoms with Gasteiger partial charge >= 0.3 is 0 Å². The van der Waals surface area contributed by atoms with E-state index in [1.807, 2.05) is 0 Å². The first-order valence-electron chi connectivity index (χ1n) is 7.50. The van der Waals surface area contributed by atoms with Gasteiger partial charge in [0, 0.05) is 12.6 Å². The van der Waals surface area contributed by atoms with E-state index in [4.69, 9.17) is 10.6 Å². The summed E-state index contributed by atoms with van der Waals surface area (Å²) in [5.41, 5.74) is 5.60. The van der Waals surface area contributed by atoms with Crippen LogP contribution >= 0.6 is 0 Å². The van der Waals surface area contributed by atoms with Crippen LogP contribution in [0.25, 0.3) is 0 Å². The lowest BCUT2D eigenvalue weighted by Crippen LogP contribution is -2.32. The second-order valence-electron chi connectivity index (χ2n) is 5.44. The summed E-state index contributed by atoms with van der Waals surface area (Å²) in [7, 11) is 0. The van der Waals surface area contributed by atoms with Crippen molar-refractivity contribution in [3.63, 3.8) is 0 Å². The van der Waals surface area contributed by atoms with E-state index < -0.39 is 0 Å². The normalized spacial score (nSPS) is 21.3. The van der Waals surface area contributed by atoms with Gasteiger partial charge in [-0.05, 0) is 43.2 Å². The van der Waals surface area contributed by atoms with Crippen molar-refractivity contribution in [2.45, 2.75) is 57.6 Å². The molecule has 2 rings (SSSR count). The molecule has 0 saturated carbocycles. The molecule has 3 N–H and O–H groups in total. The van der Waals surface area contributed by atoms with Gasteiger partial charge in [0.2, 0.25) is 0 Å². The Bertz CT molecular complexity index is 358. The molecule has 1 aromatic carbocycles. The average Bonchev–Trinajstić information content (AvgIpc) is 2.47. The SMILES string of the molecule is CCCc1ccc(C(CC2CCCCO2)NN)cc1. The lowest BCUT2D eigenvalue weighted by atomic mass is 9.96. The molecule has 0 bridgehead atoms. The van der Waals surface area contributed by atoms with E-state index in [0.29, 0.717) is 6.10 Å². The highest BCUT2D eigenvalue weighted by atomic mass is 16.5. The van der Waals surface area contributed by atoms with E-state index >= 15 is 0 Å². The maximum Gasteiger partial charge on any atom is 0.0593 e. The van der Waals surface area contributed by atoms with Gasteiger partial charge in [0.25, 0.3) is 0 Å². The molecule has 2 unspecified atom stereocenters. The molecule has 19 heavy (non-hydrogen) atoms. The predicted octanol–water partition coefficient (Wildman–Crippen LogP) is 3.10. The maximum absolute atomic E-state index is 5.80. The van der Waals surface area contributed by atoms with Gasteiger partial charge in [0.15, 0.2) is 0 Å². The lowest BCUT2D eigenvalue weighted by Gasteiger charge is -2.27. The van der Waals surface area contributed by atoms with Crippen molar-refractivity contribution >= 4 is 0 Å². The molecule has 0 radical (unpaired) electrons. The molecular formula is C16H26N2O. The topological polar surface area (TPSA) is 47.3 Å². The molecule has 1 aliphatic heterocycles. The Labute approximate surface area is 116 Å². The number of ether oxygens (including phenoxy) is 1. The molecule has 3 nitrogen and oxygen atoms in total. The molecule has 0 amide bonds. The van der Waals surface area contributed by atoms with E-state index in [2.05, 4.69) is 36.6 Å². The van der Waals surface area contributed by atoms with Crippen LogP contribution < -0.4 is 11.3 Å². The van der Waals surface area contributed by atoms with E-state index in [0.717, 1.165) is 25.9 Å². The zero-order valence-electron chi connectivity index (χ0n) is 11.9. The van der Waals surface area contributed by atoms with Gasteiger partial charge in [0.05, 0.1) is 6.10 Å². The standard InChI is InChI=1S/C16H26N2O/c1-2-5-13-7-9-14(10-8-13)16(18-17)12-15-6-3-4-11-19-15/h7-10,15-16,18H,2-6,11-12,17H2,1H3. The van der Waals surface area contributed by atoms with Gasteiger partial charge in [-0.25, -0.2) is 0 Å². The van der Waals surface area contributed by atoms with Crippen LogP contribution in [-0.2, 0) is 11.2 Å². The van der Waals surface area contributed by atoms with Crippen molar-refractivity contribution in [2.75, 3.05) is 6.61 Å². The third-order valence-electron chi connectivity index (χ3n) is 3.89. The largest absolute Gasteiger partial charge is 0.378 e. The number of rotatable bonds is 6. The molecule has 0 aliphatic carbocycles. The number of nitrogens with two attached hydrogens (primary N) is 1. The fourth-order valence-corrected chi connectivity index (χ4v) is 2.76. The molecule has 106 valence electrons. The molecule has 2 atom stereocenters. The molecule has 1 aliphatic rings. The van der Waals surface area contributed by atoms with Crippen LogP contribution in [0, 0.1) is 0 Å². The van der Waals surface area contributed by atoms with Gasteiger partial charge in [-0.1, -0.05) is 37.6 Å². The number of nitrogens with one attached hydrogen (secondary N) is 1. The van der Waals surface area contributed by atoms with Crippen molar-refractivity contribution in [1.82, 2.24) is 5.43 Å². The van der Waals surface area contributed by atoms with E-state index in [9.17, 15) is 0 Å². The number of hydrazine groups is 1. The van der Waals surface area contributed by atoms with Gasteiger partial charge in [-0.3, -0.25) is 11.3 Å². The highest BCUT2D eigenvalue weighted by Gasteiger charge is 2.19. The van der Waals surface area contributed by atoms with Crippen LogP contribution in [0.15, 0.2) is 24.3 Å². The van der Waals surface area contributed by atoms with Crippen molar-refractivity contribution in [2.24, 2.45) is 5.84 Å². The summed E-state index contributed by atoms with van der Waals surface area (Å²) >= 11 is 0. The molecule has 1 fully saturated rings. The summed E-state index contributed by atoms with van der Waals surface area (Å²) in [5.74, 6) is 5.71. The second kappa shape index (κ2) is 7.63. The monoisotopic (exact) mass is 262 g/mol. The Morgan fingerprint density at radius 1 is 1.32 bits per heavy atom. The fourth-order valence-electron chi connectivity index (χ4n) is 2.76. The van der Waals surface area contributed by atoms with Crippen molar-refractivity contribution in [3.05, 3.63) is 35.4 Å². The first-order valence-corrected chi connectivity index (χ1v) is 7.50. The van der Waals surface area contributed by atoms with E-state index in [-0.39, 0.29) is 6.04 Å². The van der Waals surface area contributed by atoms with Crippen LogP contribution in [0.4, 0.5) is 0 Å². The van der Waals surface area contributed by atoms with Crippen LogP contribution in [0.5, 0.6) is 0 Å². The van der Waals surface area contributed by atoms with Crippen LogP contribution in [0.3, 0.4) is 0 Å². The minimum atomic E-state index is 0.193. The highest BCUT2D eigenvalue weighted by molar-refractivity contribution is 5.25. The molecule has 0 spiro atoms. The Morgan fingerprint density at radius 2 is 2.11 bits per heavy atom. The fraction of sp³-hybridized carbons (Fsp3) is 0.625. The molecule has 1 heterocycles. The predicted molar refractivity (Wildman–Crippen MR) is 78.7 cm³/mol. The highest BCUT2D eigenvalue weighted by Crippen LogP contribution is 2.24. The van der Waals surface area contributed by atoms with Gasteiger partial charge in [-0.15, -0.1) is 0 Å². The minimum Gasteiger partial charge on any atom is -0.378 e. The zero-order valence-corrected chi connectivity index (χ0v) is 11.9. The number of aryl methyl sites for hydroxylation is 1. The smallest absolute Gasteiger partial charge is 0.0593 e. The summed E-state index contributed by atoms with van der Waals surface area (Å²) < 4.78 is 5.80. The number of benzene rings is 1. The summed E-state index contributed by atoms with van der Waals surface area (Å²) in [6, 6.07) is 9.01. The quantitative estimate of drug-likeness (QED) is 0.612. The summed E-state index contributed by atoms with van der Waals surface area (Å²) in [4.78, 5) is 0. The second-order valence-corrected chi connectivity index (χ2v) is 5.44. The lowest BCUT2D eigenvalue weighted by molar-refractivity contribution is 0.00502. The Morgan fingerprint density at radius 3 is 2.68 bits per heavy atom. The molecule has 3 heteroatoms. The van der Waals surface area contributed by atoms with Crippen molar-refractivity contribution in [1.29, 1.82) is 0 Å². The van der Waals surface area contributed by atoms with Gasteiger partial charge in [0.1, 0.15) is 0 Å². The average molecular weight is 262 g/mol. The maximum atomic E-state index is 5.80. The van der Waals surface area contributed by atoms with E-state index in [1.54, 1.807) is 0 Å². The summed E-state index contributed by atoms with van der Waals surface area (Å²) in [6.45, 7) is 3.11. The first kappa shape index (κ1) is 14.5. The Hall–Kier alpha value is -0.900. The molecule has 1 saturated heterocycles. The zero-order chi connectivity index (χ0) is 13.5. The third-order valence-corrected chi connectivity index (χ3v) is 3.89. The first-order chi connectivity index (χ1) is 9.33. The molecule has 0 aromatic heterocycles. The molecular weight excluding hydrogens is 236 g/mol. The van der Waals surface area contributed by atoms with E-state index in [1.165, 1.54) is 30.4 Å². The Kier molecular flexibility index (Phi) is 5.83. The van der Waals surface area contributed by atoms with Crippen LogP contribution in [0.2, 0.25) is 0 Å². The van der Waals surface area contributed by atoms with Crippen LogP contribution in [-0.4, -0.2) is 12.7 Å². The van der Waals surface area contributed by atoms with Crippen molar-refractivity contribution in [3.8, 4) is 0 Å². The summed E-state index contributed by atoms with van der Waals surface area (Å²) in [6.07, 6.45) is 7.28.